The van der Waals surface area contributed by atoms with Crippen LogP contribution in [-0.2, 0) is 6.42 Å². The van der Waals surface area contributed by atoms with E-state index in [0.717, 1.165) is 63.5 Å². The molecule has 0 heterocycles. The number of nitrogens with zero attached hydrogens (tertiary/aromatic N) is 2. The molecule has 0 atom stereocenters. The largest absolute Gasteiger partial charge is 0.497 e. The summed E-state index contributed by atoms with van der Waals surface area (Å²) in [5, 5.41) is 0. The fraction of sp³-hybridized carbons (Fsp3) is 0.0943. The smallest absolute Gasteiger partial charge is 0.119 e. The van der Waals surface area contributed by atoms with Gasteiger partial charge in [-0.05, 0) is 172 Å². The molecule has 8 aromatic carbocycles. The molecule has 0 amide bonds. The maximum atomic E-state index is 5.44. The first-order valence-electron chi connectivity index (χ1n) is 19.7. The Morgan fingerprint density at radius 2 is 0.525 bits per heavy atom. The van der Waals surface area contributed by atoms with Crippen molar-refractivity contribution in [3.63, 3.8) is 0 Å². The lowest BCUT2D eigenvalue weighted by Gasteiger charge is -2.26. The highest BCUT2D eigenvalue weighted by Crippen LogP contribution is 2.43. The zero-order valence-electron chi connectivity index (χ0n) is 33.6. The molecule has 0 bridgehead atoms. The van der Waals surface area contributed by atoms with Crippen LogP contribution in [0, 0.1) is 0 Å². The Kier molecular flexibility index (Phi) is 10.2. The first-order chi connectivity index (χ1) is 29.0. The number of fused-ring (bicyclic) bond motifs is 3. The summed E-state index contributed by atoms with van der Waals surface area (Å²) in [7, 11) is 6.75. The SMILES string of the molecule is COc1ccc(N(c2ccc(OC)cc2)c2ccc(-c3ccc4c(c3)Cc3cc(-c5ccc(N(c6ccc(OC)cc6)c6ccc(OC)cc6)cc5)ccc3-4)cc2)cc1. The van der Waals surface area contributed by atoms with E-state index < -0.39 is 0 Å². The summed E-state index contributed by atoms with van der Waals surface area (Å²) in [4.78, 5) is 4.48. The second-order valence-corrected chi connectivity index (χ2v) is 14.5. The average molecular weight is 773 g/mol. The van der Waals surface area contributed by atoms with Crippen LogP contribution in [0.1, 0.15) is 11.1 Å². The Balaban J connectivity index is 0.954. The maximum Gasteiger partial charge on any atom is 0.119 e. The summed E-state index contributed by atoms with van der Waals surface area (Å²) in [5.74, 6) is 3.28. The van der Waals surface area contributed by atoms with Crippen LogP contribution in [0.5, 0.6) is 23.0 Å². The molecule has 0 saturated carbocycles. The number of anilines is 6. The second kappa shape index (κ2) is 16.2. The molecule has 8 aromatic rings. The van der Waals surface area contributed by atoms with Crippen LogP contribution < -0.4 is 28.7 Å². The van der Waals surface area contributed by atoms with Crippen LogP contribution in [0.25, 0.3) is 33.4 Å². The third-order valence-electron chi connectivity index (χ3n) is 11.1. The van der Waals surface area contributed by atoms with Crippen molar-refractivity contribution in [2.45, 2.75) is 6.42 Å². The monoisotopic (exact) mass is 772 g/mol. The first-order valence-corrected chi connectivity index (χ1v) is 19.7. The third-order valence-corrected chi connectivity index (χ3v) is 11.1. The van der Waals surface area contributed by atoms with Gasteiger partial charge in [0.2, 0.25) is 0 Å². The van der Waals surface area contributed by atoms with Crippen molar-refractivity contribution in [2.24, 2.45) is 0 Å². The molecule has 0 aromatic heterocycles. The Bertz CT molecular complexity index is 2410. The minimum atomic E-state index is 0.821. The summed E-state index contributed by atoms with van der Waals surface area (Å²) >= 11 is 0. The molecule has 290 valence electrons. The van der Waals surface area contributed by atoms with Gasteiger partial charge in [-0.2, -0.15) is 0 Å². The Morgan fingerprint density at radius 1 is 0.288 bits per heavy atom. The first kappa shape index (κ1) is 37.2. The van der Waals surface area contributed by atoms with Gasteiger partial charge in [0.05, 0.1) is 28.4 Å². The Morgan fingerprint density at radius 3 is 0.780 bits per heavy atom. The molecule has 1 aliphatic carbocycles. The molecule has 0 fully saturated rings. The lowest BCUT2D eigenvalue weighted by molar-refractivity contribution is 0.414. The van der Waals surface area contributed by atoms with Gasteiger partial charge < -0.3 is 28.7 Å². The van der Waals surface area contributed by atoms with Gasteiger partial charge in [0.1, 0.15) is 23.0 Å². The summed E-state index contributed by atoms with van der Waals surface area (Å²) in [5.41, 5.74) is 16.4. The Labute approximate surface area is 346 Å². The van der Waals surface area contributed by atoms with Crippen LogP contribution in [0.4, 0.5) is 34.1 Å². The van der Waals surface area contributed by atoms with E-state index >= 15 is 0 Å². The number of hydrogen-bond donors (Lipinski definition) is 0. The van der Waals surface area contributed by atoms with E-state index in [2.05, 4.69) is 143 Å². The van der Waals surface area contributed by atoms with Gasteiger partial charge in [0, 0.05) is 34.1 Å². The van der Waals surface area contributed by atoms with E-state index in [9.17, 15) is 0 Å². The number of rotatable bonds is 12. The molecule has 0 aliphatic heterocycles. The quantitative estimate of drug-likeness (QED) is 0.123. The van der Waals surface area contributed by atoms with E-state index in [4.69, 9.17) is 18.9 Å². The van der Waals surface area contributed by atoms with Gasteiger partial charge in [0.25, 0.3) is 0 Å². The van der Waals surface area contributed by atoms with Gasteiger partial charge in [-0.1, -0.05) is 60.7 Å². The van der Waals surface area contributed by atoms with E-state index in [1.807, 2.05) is 48.5 Å². The van der Waals surface area contributed by atoms with E-state index in [0.29, 0.717) is 0 Å². The van der Waals surface area contributed by atoms with Crippen molar-refractivity contribution in [2.75, 3.05) is 38.2 Å². The molecule has 6 nitrogen and oxygen atoms in total. The summed E-state index contributed by atoms with van der Waals surface area (Å²) in [6.07, 6.45) is 0.897. The second-order valence-electron chi connectivity index (χ2n) is 14.5. The van der Waals surface area contributed by atoms with E-state index in [1.54, 1.807) is 28.4 Å². The number of benzene rings is 8. The molecule has 0 saturated heterocycles. The summed E-state index contributed by atoms with van der Waals surface area (Å²) < 4.78 is 21.8. The van der Waals surface area contributed by atoms with Crippen molar-refractivity contribution in [1.29, 1.82) is 0 Å². The van der Waals surface area contributed by atoms with Gasteiger partial charge in [0.15, 0.2) is 0 Å². The van der Waals surface area contributed by atoms with Crippen LogP contribution in [0.15, 0.2) is 182 Å². The lowest BCUT2D eigenvalue weighted by atomic mass is 9.98. The van der Waals surface area contributed by atoms with Gasteiger partial charge in [-0.3, -0.25) is 0 Å². The molecular formula is C53H44N2O4. The molecule has 0 N–H and O–H groups in total. The van der Waals surface area contributed by atoms with E-state index in [1.165, 1.54) is 44.5 Å². The molecule has 0 unspecified atom stereocenters. The number of methoxy groups -OCH3 is 4. The van der Waals surface area contributed by atoms with E-state index in [-0.39, 0.29) is 0 Å². The minimum Gasteiger partial charge on any atom is -0.497 e. The normalized spacial score (nSPS) is 11.3. The van der Waals surface area contributed by atoms with Crippen molar-refractivity contribution >= 4 is 34.1 Å². The fourth-order valence-electron chi connectivity index (χ4n) is 8.00. The highest BCUT2D eigenvalue weighted by molar-refractivity contribution is 5.85. The predicted molar refractivity (Wildman–Crippen MR) is 241 cm³/mol. The zero-order valence-corrected chi connectivity index (χ0v) is 33.6. The number of hydrogen-bond acceptors (Lipinski definition) is 6. The average Bonchev–Trinajstić information content (AvgIpc) is 3.68. The minimum absolute atomic E-state index is 0.821. The highest BCUT2D eigenvalue weighted by atomic mass is 16.5. The van der Waals surface area contributed by atoms with Gasteiger partial charge in [-0.15, -0.1) is 0 Å². The van der Waals surface area contributed by atoms with Crippen molar-refractivity contribution in [1.82, 2.24) is 0 Å². The van der Waals surface area contributed by atoms with Crippen LogP contribution in [0.3, 0.4) is 0 Å². The molecule has 0 spiro atoms. The summed E-state index contributed by atoms with van der Waals surface area (Å²) in [6.45, 7) is 0. The fourth-order valence-corrected chi connectivity index (χ4v) is 8.00. The third kappa shape index (κ3) is 7.44. The van der Waals surface area contributed by atoms with Crippen LogP contribution in [-0.4, -0.2) is 28.4 Å². The molecule has 0 radical (unpaired) electrons. The molecule has 6 heteroatoms. The van der Waals surface area contributed by atoms with Crippen LogP contribution in [0.2, 0.25) is 0 Å². The van der Waals surface area contributed by atoms with Crippen molar-refractivity contribution < 1.29 is 18.9 Å². The predicted octanol–water partition coefficient (Wildman–Crippen LogP) is 13.6. The summed E-state index contributed by atoms with van der Waals surface area (Å²) in [6, 6.07) is 64.0. The molecule has 9 rings (SSSR count). The zero-order chi connectivity index (χ0) is 40.3. The van der Waals surface area contributed by atoms with Gasteiger partial charge >= 0.3 is 0 Å². The molecular weight excluding hydrogens is 729 g/mol. The van der Waals surface area contributed by atoms with Crippen molar-refractivity contribution in [3.8, 4) is 56.4 Å². The highest BCUT2D eigenvalue weighted by Gasteiger charge is 2.21. The number of ether oxygens (including phenoxy) is 4. The van der Waals surface area contributed by atoms with Crippen molar-refractivity contribution in [3.05, 3.63) is 193 Å². The van der Waals surface area contributed by atoms with Gasteiger partial charge in [-0.25, -0.2) is 0 Å². The van der Waals surface area contributed by atoms with Crippen LogP contribution >= 0.6 is 0 Å². The topological polar surface area (TPSA) is 43.4 Å². The standard InChI is InChI=1S/C53H44N2O4/c1-56-48-23-15-44(16-24-48)54(45-17-25-49(57-2)26-18-45)42-11-5-36(6-12-42)38-9-31-52-40(33-38)35-41-34-39(10-32-53(41)52)37-7-13-43(14-8-37)55(46-19-27-50(58-3)28-20-46)47-21-29-51(59-4)30-22-47/h5-34H,35H2,1-4H3. The maximum absolute atomic E-state index is 5.44. The molecule has 1 aliphatic rings. The Hall–Kier alpha value is -7.44. The molecule has 59 heavy (non-hydrogen) atoms. The lowest BCUT2D eigenvalue weighted by Crippen LogP contribution is -2.09.